The van der Waals surface area contributed by atoms with Gasteiger partial charge in [-0.2, -0.15) is 5.10 Å². The molecule has 1 aromatic rings. The Morgan fingerprint density at radius 1 is 0.949 bits per heavy atom. The average Bonchev–Trinajstić information content (AvgIpc) is 3.46. The Balaban J connectivity index is 1.66. The van der Waals surface area contributed by atoms with Crippen LogP contribution in [-0.2, 0) is 23.8 Å². The van der Waals surface area contributed by atoms with Gasteiger partial charge in [0.2, 0.25) is 5.78 Å². The van der Waals surface area contributed by atoms with Gasteiger partial charge in [-0.25, -0.2) is 0 Å². The molecule has 1 fully saturated rings. The molecular formula is C43H56N4O12. The van der Waals surface area contributed by atoms with Crippen molar-refractivity contribution in [3.8, 4) is 11.5 Å². The fourth-order valence-electron chi connectivity index (χ4n) is 7.89. The van der Waals surface area contributed by atoms with Gasteiger partial charge in [0.15, 0.2) is 5.78 Å². The predicted octanol–water partition coefficient (Wildman–Crippen LogP) is 3.23. The normalized spacial score (nSPS) is 33.3. The van der Waals surface area contributed by atoms with E-state index in [4.69, 9.17) is 18.9 Å². The topological polar surface area (TPSA) is 214 Å². The molecule has 16 heteroatoms. The van der Waals surface area contributed by atoms with Crippen LogP contribution in [0.15, 0.2) is 52.5 Å². The van der Waals surface area contributed by atoms with Gasteiger partial charge in [0.1, 0.15) is 23.3 Å². The zero-order valence-corrected chi connectivity index (χ0v) is 35.3. The van der Waals surface area contributed by atoms with Crippen molar-refractivity contribution in [1.29, 1.82) is 0 Å². The number of likely N-dealkylation sites (N-methyl/N-ethyl adjacent to an activating group) is 1. The molecule has 0 aromatic heterocycles. The molecule has 0 saturated carbocycles. The Morgan fingerprint density at radius 2 is 1.61 bits per heavy atom. The van der Waals surface area contributed by atoms with E-state index in [-0.39, 0.29) is 28.0 Å². The number of aliphatic hydroxyl groups excluding tert-OH is 2. The highest BCUT2D eigenvalue weighted by molar-refractivity contribution is 6.37. The van der Waals surface area contributed by atoms with E-state index in [2.05, 4.69) is 15.3 Å². The number of phenols is 1. The predicted molar refractivity (Wildman–Crippen MR) is 216 cm³/mol. The van der Waals surface area contributed by atoms with E-state index in [1.54, 1.807) is 44.9 Å². The van der Waals surface area contributed by atoms with Crippen molar-refractivity contribution in [3.05, 3.63) is 69.7 Å². The Labute approximate surface area is 344 Å². The van der Waals surface area contributed by atoms with Crippen molar-refractivity contribution < 1.29 is 58.2 Å². The molecule has 4 N–H and O–H groups in total. The molecule has 16 nitrogen and oxygen atoms in total. The number of nitrogens with zero attached hydrogens (tertiary/aromatic N) is 3. The number of benzene rings is 1. The molecule has 1 amide bonds. The maximum Gasteiger partial charge on any atom is 0.312 e. The second kappa shape index (κ2) is 18.0. The van der Waals surface area contributed by atoms with Crippen LogP contribution >= 0.6 is 0 Å². The number of hydrogen-bond donors (Lipinski definition) is 4. The van der Waals surface area contributed by atoms with Crippen LogP contribution in [0.3, 0.4) is 0 Å². The number of aliphatic hydroxyl groups is 2. The number of ether oxygens (including phenoxy) is 4. The molecule has 0 unspecified atom stereocenters. The number of allylic oxidation sites excluding steroid dienone is 4. The lowest BCUT2D eigenvalue weighted by molar-refractivity contribution is -0.160. The Kier molecular flexibility index (Phi) is 13.7. The van der Waals surface area contributed by atoms with E-state index in [1.165, 1.54) is 59.4 Å². The molecule has 4 heterocycles. The van der Waals surface area contributed by atoms with Gasteiger partial charge in [-0.05, 0) is 27.0 Å². The highest BCUT2D eigenvalue weighted by atomic mass is 16.7. The Morgan fingerprint density at radius 3 is 2.24 bits per heavy atom. The largest absolute Gasteiger partial charge is 0.507 e. The first kappa shape index (κ1) is 44.9. The number of piperazine rings is 1. The maximum absolute atomic E-state index is 14.6. The summed E-state index contributed by atoms with van der Waals surface area (Å²) in [4.78, 5) is 71.6. The summed E-state index contributed by atoms with van der Waals surface area (Å²) in [5.74, 6) is -9.34. The van der Waals surface area contributed by atoms with Crippen LogP contribution in [0.5, 0.6) is 11.5 Å². The van der Waals surface area contributed by atoms with Crippen LogP contribution in [0, 0.1) is 30.6 Å². The number of esters is 1. The number of aromatic hydroxyl groups is 1. The van der Waals surface area contributed by atoms with E-state index in [0.717, 1.165) is 0 Å². The van der Waals surface area contributed by atoms with Gasteiger partial charge in [0, 0.05) is 81.9 Å². The van der Waals surface area contributed by atoms with Gasteiger partial charge >= 0.3 is 11.8 Å². The lowest BCUT2D eigenvalue weighted by atomic mass is 9.78. The number of nitrogens with one attached hydrogen (secondary N) is 1. The van der Waals surface area contributed by atoms with Gasteiger partial charge in [0.25, 0.3) is 11.7 Å². The molecule has 320 valence electrons. The van der Waals surface area contributed by atoms with Crippen molar-refractivity contribution in [2.75, 3.05) is 40.3 Å². The van der Waals surface area contributed by atoms with E-state index >= 15 is 0 Å². The summed E-state index contributed by atoms with van der Waals surface area (Å²) in [6.45, 7) is 14.8. The fourth-order valence-corrected chi connectivity index (χ4v) is 7.89. The van der Waals surface area contributed by atoms with Crippen LogP contribution in [0.1, 0.15) is 85.1 Å². The molecule has 59 heavy (non-hydrogen) atoms. The number of methoxy groups -OCH3 is 1. The summed E-state index contributed by atoms with van der Waals surface area (Å²) in [6, 6.07) is 0. The van der Waals surface area contributed by atoms with Gasteiger partial charge in [-0.1, -0.05) is 45.9 Å². The number of ketones is 3. The van der Waals surface area contributed by atoms with Gasteiger partial charge in [0.05, 0.1) is 53.1 Å². The molecule has 6 rings (SSSR count). The molecule has 4 aliphatic heterocycles. The number of amides is 1. The maximum atomic E-state index is 14.6. The summed E-state index contributed by atoms with van der Waals surface area (Å²) in [5.41, 5.74) is -1.82. The van der Waals surface area contributed by atoms with E-state index in [0.29, 0.717) is 26.2 Å². The van der Waals surface area contributed by atoms with E-state index < -0.39 is 106 Å². The van der Waals surface area contributed by atoms with Crippen LogP contribution in [0.2, 0.25) is 0 Å². The number of hydrogen-bond acceptors (Lipinski definition) is 15. The highest BCUT2D eigenvalue weighted by Crippen LogP contribution is 2.48. The second-order valence-corrected chi connectivity index (χ2v) is 16.1. The first-order valence-electron chi connectivity index (χ1n) is 19.7. The zero-order valence-electron chi connectivity index (χ0n) is 35.3. The fraction of sp³-hybridized carbons (Fsp3) is 0.535. The van der Waals surface area contributed by atoms with Crippen LogP contribution in [-0.4, -0.2) is 131 Å². The van der Waals surface area contributed by atoms with Gasteiger partial charge in [-0.15, -0.1) is 0 Å². The third-order valence-corrected chi connectivity index (χ3v) is 11.8. The first-order valence-corrected chi connectivity index (χ1v) is 19.7. The summed E-state index contributed by atoms with van der Waals surface area (Å²) in [6.07, 6.45) is 4.56. The number of fused-ring (bicyclic) bond motifs is 14. The Bertz CT molecular complexity index is 2030. The van der Waals surface area contributed by atoms with Crippen molar-refractivity contribution in [2.45, 2.75) is 85.6 Å². The second-order valence-electron chi connectivity index (χ2n) is 16.1. The lowest BCUT2D eigenvalue weighted by Crippen LogP contribution is -2.46. The van der Waals surface area contributed by atoms with Crippen molar-refractivity contribution >= 4 is 35.4 Å². The molecule has 1 aliphatic carbocycles. The average molecular weight is 821 g/mol. The smallest absolute Gasteiger partial charge is 0.312 e. The van der Waals surface area contributed by atoms with E-state index in [1.807, 2.05) is 7.05 Å². The van der Waals surface area contributed by atoms with Gasteiger partial charge < -0.3 is 44.5 Å². The summed E-state index contributed by atoms with van der Waals surface area (Å²) in [7, 11) is 3.39. The quantitative estimate of drug-likeness (QED) is 0.254. The number of phenolic OH excluding ortho intramolecular Hbond substituents is 1. The van der Waals surface area contributed by atoms with Crippen LogP contribution in [0.25, 0.3) is 0 Å². The van der Waals surface area contributed by atoms with Crippen LogP contribution in [0.4, 0.5) is 0 Å². The summed E-state index contributed by atoms with van der Waals surface area (Å²) < 4.78 is 23.5. The van der Waals surface area contributed by atoms with Crippen LogP contribution < -0.4 is 10.1 Å². The minimum absolute atomic E-state index is 0.0118. The van der Waals surface area contributed by atoms with Crippen molar-refractivity contribution in [1.82, 2.24) is 15.2 Å². The number of carbonyl (C=O) groups is 5. The molecule has 0 radical (unpaired) electrons. The first-order chi connectivity index (χ1) is 27.7. The molecule has 0 spiro atoms. The number of rotatable bonds is 4. The van der Waals surface area contributed by atoms with Crippen molar-refractivity contribution in [3.63, 3.8) is 0 Å². The number of Topliss-reactive ketones (excluding diaryl/α,β-unsaturated/α-hetero) is 3. The SMILES string of the molecule is CO[C@H]1/C=C/O[C@@]2(C)Oc3c(C)c(O)c4c(c3C2=O)C(=O)C(/C=N\N2CCN(C)CC2)=C(NC(=O)/C(C)=C\C=C\[C@@H](C)[C@H](O)[C@@H](C)[C@@H](O)[C@@H](C)[C@H](OC(C)=O)[C@@H]1C)C4=O. The molecule has 5 bridgehead atoms. The molecular weight excluding hydrogens is 764 g/mol. The lowest BCUT2D eigenvalue weighted by Gasteiger charge is -2.38. The highest BCUT2D eigenvalue weighted by Gasteiger charge is 2.52. The molecule has 1 saturated heterocycles. The molecule has 5 aliphatic rings. The zero-order chi connectivity index (χ0) is 43.7. The number of hydrazone groups is 1. The Hall–Kier alpha value is -5.16. The van der Waals surface area contributed by atoms with Gasteiger partial charge in [-0.3, -0.25) is 29.0 Å². The van der Waals surface area contributed by atoms with Crippen molar-refractivity contribution in [2.24, 2.45) is 28.8 Å². The standard InChI is InChI=1S/C43H56N4O12/c1-21-12-11-13-22(2)42(55)45-33-28(20-44-47-17-15-46(9)16-18-47)37(52)30-31(38(33)53)36(51)26(6)40-32(30)41(54)43(8,59-40)57-19-14-29(56-10)23(3)39(58-27(7)48)25(5)35(50)24(4)34(21)49/h11-14,19-21,23-25,29,34-35,39,49-51H,15-18H2,1-10H3,(H,45,55)/b12-11+,19-14+,22-13-,44-20-/t21-,23-,24-,25-,29+,34+,35-,39-,43+/m1/s1. The third kappa shape index (κ3) is 8.91. The van der Waals surface area contributed by atoms with E-state index in [9.17, 15) is 39.3 Å². The minimum Gasteiger partial charge on any atom is -0.507 e. The number of carbonyl (C=O) groups excluding carboxylic acids is 5. The minimum atomic E-state index is -2.09. The monoisotopic (exact) mass is 820 g/mol. The molecule has 9 atom stereocenters. The summed E-state index contributed by atoms with van der Waals surface area (Å²) >= 11 is 0. The summed E-state index contributed by atoms with van der Waals surface area (Å²) in [5, 5.41) is 43.1. The third-order valence-electron chi connectivity index (χ3n) is 11.8. The molecule has 1 aromatic carbocycles.